The third kappa shape index (κ3) is 3.72. The van der Waals surface area contributed by atoms with Gasteiger partial charge < -0.3 is 4.74 Å². The second-order valence-corrected chi connectivity index (χ2v) is 8.18. The predicted molar refractivity (Wildman–Crippen MR) is 96.7 cm³/mol. The smallest absolute Gasteiger partial charge is 0.247 e. The van der Waals surface area contributed by atoms with Gasteiger partial charge in [0.05, 0.1) is 24.6 Å². The topological polar surface area (TPSA) is 81.5 Å². The Morgan fingerprint density at radius 3 is 2.46 bits per heavy atom. The van der Waals surface area contributed by atoms with E-state index in [0.717, 1.165) is 5.56 Å². The number of aromatic nitrogens is 2. The second-order valence-electron chi connectivity index (χ2n) is 6.31. The van der Waals surface area contributed by atoms with Crippen molar-refractivity contribution in [2.24, 2.45) is 0 Å². The fourth-order valence-electron chi connectivity index (χ4n) is 3.16. The van der Waals surface area contributed by atoms with Crippen LogP contribution in [0.5, 0.6) is 0 Å². The largest absolute Gasteiger partial charge is 0.379 e. The fourth-order valence-corrected chi connectivity index (χ4v) is 4.92. The van der Waals surface area contributed by atoms with Gasteiger partial charge in [-0.05, 0) is 25.8 Å². The molecule has 0 aliphatic carbocycles. The first kappa shape index (κ1) is 18.8. The monoisotopic (exact) mass is 377 g/mol. The number of carbonyl (C=O) groups is 1. The number of aryl methyl sites for hydroxylation is 2. The van der Waals surface area contributed by atoms with Crippen LogP contribution in [0.3, 0.4) is 0 Å². The molecule has 0 atom stereocenters. The van der Waals surface area contributed by atoms with Crippen LogP contribution in [-0.2, 0) is 21.2 Å². The highest BCUT2D eigenvalue weighted by atomic mass is 32.2. The van der Waals surface area contributed by atoms with Gasteiger partial charge in [-0.3, -0.25) is 4.79 Å². The summed E-state index contributed by atoms with van der Waals surface area (Å²) in [6.45, 7) is 4.64. The molecule has 1 aromatic carbocycles. The molecule has 0 spiro atoms. The molecule has 2 aromatic rings. The van der Waals surface area contributed by atoms with Crippen molar-refractivity contribution in [1.82, 2.24) is 14.1 Å². The van der Waals surface area contributed by atoms with E-state index >= 15 is 0 Å². The molecule has 1 saturated heterocycles. The molecule has 1 aliphatic rings. The molecule has 140 valence electrons. The standard InChI is InChI=1S/C18H23N3O4S/c1-14-18(26(23,24)20-10-12-25-13-11-20)15(2)21(19-14)17(22)9-8-16-6-4-3-5-7-16/h3-7H,8-13H2,1-2H3. The number of hydrogen-bond donors (Lipinski definition) is 0. The van der Waals surface area contributed by atoms with Crippen LogP contribution >= 0.6 is 0 Å². The van der Waals surface area contributed by atoms with Gasteiger partial charge in [0.1, 0.15) is 4.90 Å². The van der Waals surface area contributed by atoms with Crippen LogP contribution in [0.1, 0.15) is 28.2 Å². The minimum absolute atomic E-state index is 0.132. The van der Waals surface area contributed by atoms with Gasteiger partial charge in [-0.2, -0.15) is 9.40 Å². The van der Waals surface area contributed by atoms with E-state index in [1.807, 2.05) is 30.3 Å². The van der Waals surface area contributed by atoms with Crippen molar-refractivity contribution in [3.8, 4) is 0 Å². The van der Waals surface area contributed by atoms with Crippen molar-refractivity contribution in [1.29, 1.82) is 0 Å². The highest BCUT2D eigenvalue weighted by Gasteiger charge is 2.32. The molecule has 8 heteroatoms. The Labute approximate surface area is 153 Å². The third-order valence-corrected chi connectivity index (χ3v) is 6.65. The number of hydrogen-bond acceptors (Lipinski definition) is 5. The van der Waals surface area contributed by atoms with Gasteiger partial charge in [-0.25, -0.2) is 13.1 Å². The maximum atomic E-state index is 12.9. The van der Waals surface area contributed by atoms with E-state index in [9.17, 15) is 13.2 Å². The van der Waals surface area contributed by atoms with E-state index < -0.39 is 10.0 Å². The number of morpholine rings is 1. The van der Waals surface area contributed by atoms with Crippen molar-refractivity contribution < 1.29 is 17.9 Å². The van der Waals surface area contributed by atoms with Gasteiger partial charge in [0.2, 0.25) is 15.9 Å². The highest BCUT2D eigenvalue weighted by molar-refractivity contribution is 7.89. The normalized spacial score (nSPS) is 15.9. The first-order valence-electron chi connectivity index (χ1n) is 8.62. The molecule has 1 fully saturated rings. The van der Waals surface area contributed by atoms with Crippen LogP contribution in [0.25, 0.3) is 0 Å². The first-order valence-corrected chi connectivity index (χ1v) is 10.1. The lowest BCUT2D eigenvalue weighted by Gasteiger charge is -2.26. The zero-order chi connectivity index (χ0) is 18.7. The van der Waals surface area contributed by atoms with Crippen LogP contribution in [0.15, 0.2) is 35.2 Å². The van der Waals surface area contributed by atoms with Gasteiger partial charge in [0, 0.05) is 19.5 Å². The van der Waals surface area contributed by atoms with Crippen LogP contribution in [0.2, 0.25) is 0 Å². The van der Waals surface area contributed by atoms with E-state index in [2.05, 4.69) is 5.10 Å². The molecular weight excluding hydrogens is 354 g/mol. The molecule has 1 aliphatic heterocycles. The lowest BCUT2D eigenvalue weighted by molar-refractivity contribution is 0.0730. The predicted octanol–water partition coefficient (Wildman–Crippen LogP) is 1.79. The van der Waals surface area contributed by atoms with Crippen LogP contribution in [-0.4, -0.2) is 54.7 Å². The number of ether oxygens (including phenoxy) is 1. The molecule has 0 saturated carbocycles. The van der Waals surface area contributed by atoms with Crippen LogP contribution < -0.4 is 0 Å². The summed E-state index contributed by atoms with van der Waals surface area (Å²) in [5.41, 5.74) is 1.78. The van der Waals surface area contributed by atoms with Crippen LogP contribution in [0.4, 0.5) is 0 Å². The van der Waals surface area contributed by atoms with Gasteiger partial charge >= 0.3 is 0 Å². The fraction of sp³-hybridized carbons (Fsp3) is 0.444. The summed E-state index contributed by atoms with van der Waals surface area (Å²) in [5.74, 6) is -0.210. The maximum absolute atomic E-state index is 12.9. The first-order chi connectivity index (χ1) is 12.4. The number of sulfonamides is 1. The molecule has 0 N–H and O–H groups in total. The van der Waals surface area contributed by atoms with Gasteiger partial charge in [0.25, 0.3) is 0 Å². The van der Waals surface area contributed by atoms with Crippen LogP contribution in [0, 0.1) is 13.8 Å². The molecule has 3 rings (SSSR count). The lowest BCUT2D eigenvalue weighted by Crippen LogP contribution is -2.41. The SMILES string of the molecule is Cc1nn(C(=O)CCc2ccccc2)c(C)c1S(=O)(=O)N1CCOCC1. The van der Waals surface area contributed by atoms with E-state index in [4.69, 9.17) is 4.74 Å². The summed E-state index contributed by atoms with van der Waals surface area (Å²) in [6.07, 6.45) is 0.854. The molecule has 0 radical (unpaired) electrons. The molecular formula is C18H23N3O4S. The highest BCUT2D eigenvalue weighted by Crippen LogP contribution is 2.24. The second kappa shape index (κ2) is 7.69. The van der Waals surface area contributed by atoms with Gasteiger partial charge in [0.15, 0.2) is 0 Å². The Hall–Kier alpha value is -2.03. The molecule has 2 heterocycles. The average molecular weight is 377 g/mol. The van der Waals surface area contributed by atoms with E-state index in [1.165, 1.54) is 8.99 Å². The van der Waals surface area contributed by atoms with Crippen molar-refractivity contribution in [2.45, 2.75) is 31.6 Å². The Morgan fingerprint density at radius 1 is 1.15 bits per heavy atom. The van der Waals surface area contributed by atoms with Gasteiger partial charge in [-0.1, -0.05) is 30.3 Å². The summed E-state index contributed by atoms with van der Waals surface area (Å²) in [4.78, 5) is 12.7. The number of benzene rings is 1. The molecule has 1 aromatic heterocycles. The number of carbonyl (C=O) groups excluding carboxylic acids is 1. The Kier molecular flexibility index (Phi) is 5.55. The molecule has 0 unspecified atom stereocenters. The zero-order valence-electron chi connectivity index (χ0n) is 15.0. The van der Waals surface area contributed by atoms with Crippen molar-refractivity contribution in [3.05, 3.63) is 47.3 Å². The maximum Gasteiger partial charge on any atom is 0.247 e. The quantitative estimate of drug-likeness (QED) is 0.794. The third-order valence-electron chi connectivity index (χ3n) is 4.50. The summed E-state index contributed by atoms with van der Waals surface area (Å²) in [5, 5.41) is 4.21. The molecule has 0 bridgehead atoms. The molecule has 7 nitrogen and oxygen atoms in total. The van der Waals surface area contributed by atoms with Gasteiger partial charge in [-0.15, -0.1) is 0 Å². The summed E-state index contributed by atoms with van der Waals surface area (Å²) < 4.78 is 33.8. The van der Waals surface area contributed by atoms with E-state index in [0.29, 0.717) is 44.1 Å². The minimum atomic E-state index is -3.69. The Balaban J connectivity index is 1.82. The van der Waals surface area contributed by atoms with E-state index in [-0.39, 0.29) is 17.2 Å². The summed E-state index contributed by atoms with van der Waals surface area (Å²) in [6, 6.07) is 9.70. The Bertz CT molecular complexity index is 885. The van der Waals surface area contributed by atoms with Crippen molar-refractivity contribution in [3.63, 3.8) is 0 Å². The number of nitrogens with zero attached hydrogens (tertiary/aromatic N) is 3. The van der Waals surface area contributed by atoms with Crippen molar-refractivity contribution in [2.75, 3.05) is 26.3 Å². The van der Waals surface area contributed by atoms with Crippen molar-refractivity contribution >= 4 is 15.9 Å². The lowest BCUT2D eigenvalue weighted by atomic mass is 10.1. The molecule has 26 heavy (non-hydrogen) atoms. The summed E-state index contributed by atoms with van der Waals surface area (Å²) >= 11 is 0. The zero-order valence-corrected chi connectivity index (χ0v) is 15.8. The molecule has 0 amide bonds. The average Bonchev–Trinajstić information content (AvgIpc) is 2.96. The van der Waals surface area contributed by atoms with E-state index in [1.54, 1.807) is 13.8 Å². The minimum Gasteiger partial charge on any atom is -0.379 e. The Morgan fingerprint density at radius 2 is 1.81 bits per heavy atom. The number of rotatable bonds is 5. The summed E-state index contributed by atoms with van der Waals surface area (Å²) in [7, 11) is -3.69.